The molecule has 0 radical (unpaired) electrons. The van der Waals surface area contributed by atoms with Crippen molar-refractivity contribution >= 4 is 12.0 Å². The highest BCUT2D eigenvalue weighted by atomic mass is 16.4. The van der Waals surface area contributed by atoms with Gasteiger partial charge < -0.3 is 15.7 Å². The monoisotopic (exact) mass is 277 g/mol. The normalized spacial score (nSPS) is 17.6. The highest BCUT2D eigenvalue weighted by Gasteiger charge is 2.44. The standard InChI is InChI=1S/C14H19N3O3/c1-10(11-5-2-3-8-15-11)17-13(20)16-9-14(12(18)19)6-4-7-14/h2-3,5,8,10H,4,6-7,9H2,1H3,(H,18,19)(H2,16,17,20). The minimum absolute atomic E-state index is 0.170. The van der Waals surface area contributed by atoms with Crippen molar-refractivity contribution in [3.05, 3.63) is 30.1 Å². The molecule has 1 aromatic rings. The molecule has 0 aromatic carbocycles. The summed E-state index contributed by atoms with van der Waals surface area (Å²) in [6, 6.07) is 4.90. The molecule has 1 saturated carbocycles. The highest BCUT2D eigenvalue weighted by molar-refractivity contribution is 5.79. The molecule has 1 atom stereocenters. The summed E-state index contributed by atoms with van der Waals surface area (Å²) in [7, 11) is 0. The van der Waals surface area contributed by atoms with E-state index in [0.29, 0.717) is 12.8 Å². The van der Waals surface area contributed by atoms with Crippen LogP contribution in [0.15, 0.2) is 24.4 Å². The second kappa shape index (κ2) is 5.90. The van der Waals surface area contributed by atoms with Crippen molar-refractivity contribution in [3.8, 4) is 0 Å². The van der Waals surface area contributed by atoms with Crippen molar-refractivity contribution in [2.24, 2.45) is 5.41 Å². The number of hydrogen-bond acceptors (Lipinski definition) is 3. The molecule has 0 aliphatic heterocycles. The Labute approximate surface area is 117 Å². The average molecular weight is 277 g/mol. The molecule has 0 saturated heterocycles. The van der Waals surface area contributed by atoms with Crippen LogP contribution in [0.25, 0.3) is 0 Å². The van der Waals surface area contributed by atoms with Gasteiger partial charge in [0.2, 0.25) is 0 Å². The number of rotatable bonds is 5. The van der Waals surface area contributed by atoms with E-state index in [4.69, 9.17) is 0 Å². The Hall–Kier alpha value is -2.11. The van der Waals surface area contributed by atoms with Crippen molar-refractivity contribution in [3.63, 3.8) is 0 Å². The number of carboxylic acids is 1. The van der Waals surface area contributed by atoms with E-state index in [1.165, 1.54) is 0 Å². The largest absolute Gasteiger partial charge is 0.481 e. The van der Waals surface area contributed by atoms with Crippen LogP contribution in [0.5, 0.6) is 0 Å². The molecule has 0 spiro atoms. The zero-order valence-electron chi connectivity index (χ0n) is 11.4. The first-order valence-corrected chi connectivity index (χ1v) is 6.72. The molecule has 2 rings (SSSR count). The topological polar surface area (TPSA) is 91.3 Å². The van der Waals surface area contributed by atoms with Gasteiger partial charge in [-0.05, 0) is 31.9 Å². The molecule has 6 nitrogen and oxygen atoms in total. The van der Waals surface area contributed by atoms with Gasteiger partial charge in [-0.25, -0.2) is 4.79 Å². The number of aromatic nitrogens is 1. The van der Waals surface area contributed by atoms with E-state index >= 15 is 0 Å². The van der Waals surface area contributed by atoms with Gasteiger partial charge >= 0.3 is 12.0 Å². The molecule has 1 aliphatic carbocycles. The summed E-state index contributed by atoms with van der Waals surface area (Å²) in [4.78, 5) is 27.1. The average Bonchev–Trinajstić information content (AvgIpc) is 2.38. The Morgan fingerprint density at radius 3 is 2.70 bits per heavy atom. The first kappa shape index (κ1) is 14.3. The second-order valence-corrected chi connectivity index (χ2v) is 5.24. The molecule has 1 unspecified atom stereocenters. The molecule has 1 aromatic heterocycles. The van der Waals surface area contributed by atoms with Crippen molar-refractivity contribution < 1.29 is 14.7 Å². The fourth-order valence-electron chi connectivity index (χ4n) is 2.27. The Morgan fingerprint density at radius 1 is 1.45 bits per heavy atom. The van der Waals surface area contributed by atoms with Crippen molar-refractivity contribution in [2.45, 2.75) is 32.2 Å². The molecule has 20 heavy (non-hydrogen) atoms. The second-order valence-electron chi connectivity index (χ2n) is 5.24. The molecule has 0 bridgehead atoms. The summed E-state index contributed by atoms with van der Waals surface area (Å²) in [6.07, 6.45) is 3.82. The molecule has 6 heteroatoms. The predicted molar refractivity (Wildman–Crippen MR) is 73.1 cm³/mol. The number of carbonyl (C=O) groups is 2. The van der Waals surface area contributed by atoms with Crippen molar-refractivity contribution in [1.29, 1.82) is 0 Å². The lowest BCUT2D eigenvalue weighted by atomic mass is 9.69. The van der Waals surface area contributed by atoms with Gasteiger partial charge in [-0.1, -0.05) is 12.5 Å². The minimum atomic E-state index is -0.832. The maximum atomic E-state index is 11.8. The lowest BCUT2D eigenvalue weighted by Crippen LogP contribution is -2.50. The van der Waals surface area contributed by atoms with E-state index in [2.05, 4.69) is 15.6 Å². The van der Waals surface area contributed by atoms with Crippen LogP contribution >= 0.6 is 0 Å². The van der Waals surface area contributed by atoms with Crippen molar-refractivity contribution in [2.75, 3.05) is 6.54 Å². The Kier molecular flexibility index (Phi) is 4.22. The van der Waals surface area contributed by atoms with Crippen LogP contribution in [0.3, 0.4) is 0 Å². The van der Waals surface area contributed by atoms with E-state index in [9.17, 15) is 14.7 Å². The van der Waals surface area contributed by atoms with Crippen LogP contribution < -0.4 is 10.6 Å². The van der Waals surface area contributed by atoms with Gasteiger partial charge in [-0.2, -0.15) is 0 Å². The minimum Gasteiger partial charge on any atom is -0.481 e. The summed E-state index contributed by atoms with van der Waals surface area (Å²) in [5, 5.41) is 14.6. The third-order valence-corrected chi connectivity index (χ3v) is 3.83. The van der Waals surface area contributed by atoms with Crippen molar-refractivity contribution in [1.82, 2.24) is 15.6 Å². The van der Waals surface area contributed by atoms with Crippen LogP contribution in [-0.2, 0) is 4.79 Å². The maximum Gasteiger partial charge on any atom is 0.315 e. The van der Waals surface area contributed by atoms with Gasteiger partial charge in [0.05, 0.1) is 17.2 Å². The van der Waals surface area contributed by atoms with E-state index in [-0.39, 0.29) is 18.6 Å². The smallest absolute Gasteiger partial charge is 0.315 e. The molecular weight excluding hydrogens is 258 g/mol. The van der Waals surface area contributed by atoms with Crippen LogP contribution in [0.1, 0.15) is 37.9 Å². The summed E-state index contributed by atoms with van der Waals surface area (Å²) < 4.78 is 0. The number of carbonyl (C=O) groups excluding carboxylic acids is 1. The zero-order chi connectivity index (χ0) is 14.6. The SMILES string of the molecule is CC(NC(=O)NCC1(C(=O)O)CCC1)c1ccccn1. The molecule has 3 N–H and O–H groups in total. The van der Waals surface area contributed by atoms with Gasteiger partial charge in [-0.3, -0.25) is 9.78 Å². The van der Waals surface area contributed by atoms with Crippen LogP contribution in [-0.4, -0.2) is 28.6 Å². The molecule has 1 aliphatic rings. The third kappa shape index (κ3) is 3.07. The number of urea groups is 1. The number of carboxylic acid groups (broad SMARTS) is 1. The fourth-order valence-corrected chi connectivity index (χ4v) is 2.27. The fraction of sp³-hybridized carbons (Fsp3) is 0.500. The van der Waals surface area contributed by atoms with Crippen LogP contribution in [0, 0.1) is 5.41 Å². The summed E-state index contributed by atoms with van der Waals surface area (Å²) in [5.74, 6) is -0.832. The predicted octanol–water partition coefficient (Wildman–Crippen LogP) is 1.70. The lowest BCUT2D eigenvalue weighted by Gasteiger charge is -2.37. The van der Waals surface area contributed by atoms with Gasteiger partial charge in [-0.15, -0.1) is 0 Å². The van der Waals surface area contributed by atoms with E-state index in [0.717, 1.165) is 12.1 Å². The molecule has 1 fully saturated rings. The Balaban J connectivity index is 1.82. The number of aliphatic carboxylic acids is 1. The highest BCUT2D eigenvalue weighted by Crippen LogP contribution is 2.40. The summed E-state index contributed by atoms with van der Waals surface area (Å²) in [6.45, 7) is 2.00. The summed E-state index contributed by atoms with van der Waals surface area (Å²) in [5.41, 5.74) is -0.00906. The van der Waals surface area contributed by atoms with E-state index < -0.39 is 11.4 Å². The van der Waals surface area contributed by atoms with E-state index in [1.807, 2.05) is 25.1 Å². The number of pyridine rings is 1. The van der Waals surface area contributed by atoms with Gasteiger partial charge in [0.1, 0.15) is 0 Å². The zero-order valence-corrected chi connectivity index (χ0v) is 11.4. The first-order chi connectivity index (χ1) is 9.53. The number of nitrogens with zero attached hydrogens (tertiary/aromatic N) is 1. The molecule has 2 amide bonds. The Bertz CT molecular complexity index is 486. The summed E-state index contributed by atoms with van der Waals surface area (Å²) >= 11 is 0. The van der Waals surface area contributed by atoms with Crippen LogP contribution in [0.4, 0.5) is 4.79 Å². The molecule has 1 heterocycles. The van der Waals surface area contributed by atoms with Gasteiger partial charge in [0.15, 0.2) is 0 Å². The Morgan fingerprint density at radius 2 is 2.20 bits per heavy atom. The lowest BCUT2D eigenvalue weighted by molar-refractivity contribution is -0.153. The van der Waals surface area contributed by atoms with Gasteiger partial charge in [0, 0.05) is 12.7 Å². The molecular formula is C14H19N3O3. The van der Waals surface area contributed by atoms with Crippen LogP contribution in [0.2, 0.25) is 0 Å². The van der Waals surface area contributed by atoms with E-state index in [1.54, 1.807) is 6.20 Å². The molecule has 108 valence electrons. The number of hydrogen-bond donors (Lipinski definition) is 3. The third-order valence-electron chi connectivity index (χ3n) is 3.83. The number of nitrogens with one attached hydrogen (secondary N) is 2. The first-order valence-electron chi connectivity index (χ1n) is 6.72. The maximum absolute atomic E-state index is 11.8. The quantitative estimate of drug-likeness (QED) is 0.764. The number of amides is 2. The van der Waals surface area contributed by atoms with Gasteiger partial charge in [0.25, 0.3) is 0 Å².